The Bertz CT molecular complexity index is 191. The van der Waals surface area contributed by atoms with Crippen LogP contribution in [0.15, 0.2) is 5.10 Å². The van der Waals surface area contributed by atoms with E-state index in [4.69, 9.17) is 5.73 Å². The summed E-state index contributed by atoms with van der Waals surface area (Å²) in [6.07, 6.45) is 5.80. The Kier molecular flexibility index (Phi) is 4.23. The first kappa shape index (κ1) is 11.3. The van der Waals surface area contributed by atoms with Crippen LogP contribution in [0, 0.1) is 0 Å². The van der Waals surface area contributed by atoms with Crippen LogP contribution in [0.1, 0.15) is 52.9 Å². The van der Waals surface area contributed by atoms with E-state index in [1.807, 2.05) is 0 Å². The van der Waals surface area contributed by atoms with Crippen molar-refractivity contribution in [2.45, 2.75) is 65.0 Å². The van der Waals surface area contributed by atoms with Gasteiger partial charge in [-0.3, -0.25) is 5.01 Å². The fraction of sp³-hybridized carbons (Fsp3) is 0.909. The van der Waals surface area contributed by atoms with E-state index in [9.17, 15) is 0 Å². The van der Waals surface area contributed by atoms with Crippen LogP contribution in [0.2, 0.25) is 0 Å². The summed E-state index contributed by atoms with van der Waals surface area (Å²) in [5.41, 5.74) is 5.85. The smallest absolute Gasteiger partial charge is 0.119 e. The number of nitrogens with zero attached hydrogens (tertiary/aromatic N) is 2. The van der Waals surface area contributed by atoms with Crippen LogP contribution in [-0.4, -0.2) is 22.9 Å². The van der Waals surface area contributed by atoms with E-state index in [1.165, 1.54) is 19.3 Å². The van der Waals surface area contributed by atoms with E-state index in [0.717, 1.165) is 18.7 Å². The van der Waals surface area contributed by atoms with E-state index in [0.29, 0.717) is 12.1 Å². The molecule has 0 saturated carbocycles. The Morgan fingerprint density at radius 3 is 2.43 bits per heavy atom. The van der Waals surface area contributed by atoms with Crippen LogP contribution in [0.25, 0.3) is 0 Å². The molecule has 3 nitrogen and oxygen atoms in total. The molecular formula is C11H23N3. The van der Waals surface area contributed by atoms with Gasteiger partial charge in [0, 0.05) is 18.5 Å². The molecule has 2 unspecified atom stereocenters. The number of amidine groups is 1. The molecule has 0 aromatic carbocycles. The Morgan fingerprint density at radius 1 is 1.36 bits per heavy atom. The summed E-state index contributed by atoms with van der Waals surface area (Å²) in [6, 6.07) is 1.10. The topological polar surface area (TPSA) is 41.6 Å². The molecule has 2 N–H and O–H groups in total. The third-order valence-electron chi connectivity index (χ3n) is 2.90. The molecule has 1 aliphatic heterocycles. The lowest BCUT2D eigenvalue weighted by molar-refractivity contribution is 0.108. The second-order valence-electron chi connectivity index (χ2n) is 4.35. The molecule has 2 atom stereocenters. The summed E-state index contributed by atoms with van der Waals surface area (Å²) in [7, 11) is 0. The zero-order valence-electron chi connectivity index (χ0n) is 9.66. The first-order valence-corrected chi connectivity index (χ1v) is 5.76. The van der Waals surface area contributed by atoms with Crippen molar-refractivity contribution >= 4 is 5.84 Å². The molecule has 1 heterocycles. The van der Waals surface area contributed by atoms with Crippen LogP contribution in [0.4, 0.5) is 0 Å². The summed E-state index contributed by atoms with van der Waals surface area (Å²) >= 11 is 0. The minimum atomic E-state index is 0.550. The molecule has 0 aromatic rings. The van der Waals surface area contributed by atoms with Crippen molar-refractivity contribution in [3.05, 3.63) is 0 Å². The lowest BCUT2D eigenvalue weighted by Gasteiger charge is -2.36. The fourth-order valence-electron chi connectivity index (χ4n) is 2.06. The van der Waals surface area contributed by atoms with Crippen molar-refractivity contribution in [2.75, 3.05) is 0 Å². The molecule has 0 aliphatic carbocycles. The van der Waals surface area contributed by atoms with Gasteiger partial charge in [-0.1, -0.05) is 6.92 Å². The molecule has 0 aromatic heterocycles. The zero-order valence-corrected chi connectivity index (χ0v) is 9.66. The maximum atomic E-state index is 5.85. The highest BCUT2D eigenvalue weighted by atomic mass is 15.5. The average molecular weight is 197 g/mol. The van der Waals surface area contributed by atoms with E-state index in [-0.39, 0.29) is 0 Å². The van der Waals surface area contributed by atoms with Gasteiger partial charge in [0.1, 0.15) is 5.84 Å². The van der Waals surface area contributed by atoms with Gasteiger partial charge in [0.15, 0.2) is 0 Å². The van der Waals surface area contributed by atoms with Gasteiger partial charge in [-0.05, 0) is 39.5 Å². The first-order valence-electron chi connectivity index (χ1n) is 5.76. The highest BCUT2D eigenvalue weighted by Gasteiger charge is 2.23. The van der Waals surface area contributed by atoms with Crippen LogP contribution >= 0.6 is 0 Å². The third kappa shape index (κ3) is 2.89. The van der Waals surface area contributed by atoms with Gasteiger partial charge in [-0.2, -0.15) is 5.10 Å². The lowest BCUT2D eigenvalue weighted by atomic mass is 10.00. The van der Waals surface area contributed by atoms with Crippen molar-refractivity contribution in [2.24, 2.45) is 10.8 Å². The molecule has 14 heavy (non-hydrogen) atoms. The highest BCUT2D eigenvalue weighted by molar-refractivity contribution is 5.79. The fourth-order valence-corrected chi connectivity index (χ4v) is 2.06. The Hall–Kier alpha value is -0.730. The van der Waals surface area contributed by atoms with Gasteiger partial charge in [0.05, 0.1) is 0 Å². The van der Waals surface area contributed by atoms with Crippen LogP contribution in [-0.2, 0) is 0 Å². The maximum Gasteiger partial charge on any atom is 0.119 e. The van der Waals surface area contributed by atoms with E-state index < -0.39 is 0 Å². The zero-order chi connectivity index (χ0) is 10.6. The predicted molar refractivity (Wildman–Crippen MR) is 61.1 cm³/mol. The summed E-state index contributed by atoms with van der Waals surface area (Å²) in [5.74, 6) is 0.785. The molecule has 1 fully saturated rings. The highest BCUT2D eigenvalue weighted by Crippen LogP contribution is 2.22. The molecule has 0 amide bonds. The number of rotatable bonds is 3. The molecule has 3 heteroatoms. The minimum absolute atomic E-state index is 0.550. The van der Waals surface area contributed by atoms with E-state index in [2.05, 4.69) is 30.9 Å². The minimum Gasteiger partial charge on any atom is -0.386 e. The van der Waals surface area contributed by atoms with Gasteiger partial charge >= 0.3 is 0 Å². The quantitative estimate of drug-likeness (QED) is 0.557. The normalized spacial score (nSPS) is 29.4. The molecule has 1 saturated heterocycles. The molecule has 1 rings (SSSR count). The van der Waals surface area contributed by atoms with Gasteiger partial charge in [0.25, 0.3) is 0 Å². The van der Waals surface area contributed by atoms with Crippen molar-refractivity contribution in [1.29, 1.82) is 0 Å². The summed E-state index contributed by atoms with van der Waals surface area (Å²) in [5, 5.41) is 6.70. The van der Waals surface area contributed by atoms with Gasteiger partial charge in [0.2, 0.25) is 0 Å². The van der Waals surface area contributed by atoms with Gasteiger partial charge < -0.3 is 5.73 Å². The number of nitrogens with two attached hydrogens (primary N) is 1. The van der Waals surface area contributed by atoms with Crippen LogP contribution in [0.5, 0.6) is 0 Å². The Labute approximate surface area is 87.3 Å². The van der Waals surface area contributed by atoms with Crippen molar-refractivity contribution < 1.29 is 0 Å². The van der Waals surface area contributed by atoms with Crippen LogP contribution < -0.4 is 5.73 Å². The van der Waals surface area contributed by atoms with Crippen molar-refractivity contribution in [3.63, 3.8) is 0 Å². The standard InChI is InChI=1S/C11H23N3/c1-4-6-11(12)13-14-9(2)7-5-8-10(14)3/h9-10H,4-8H2,1-3H3,(H2,12,13). The summed E-state index contributed by atoms with van der Waals surface area (Å²) < 4.78 is 0. The van der Waals surface area contributed by atoms with Crippen molar-refractivity contribution in [1.82, 2.24) is 5.01 Å². The molecular weight excluding hydrogens is 174 g/mol. The first-order chi connectivity index (χ1) is 6.65. The summed E-state index contributed by atoms with van der Waals surface area (Å²) in [4.78, 5) is 0. The van der Waals surface area contributed by atoms with Crippen molar-refractivity contribution in [3.8, 4) is 0 Å². The number of hydrogen-bond acceptors (Lipinski definition) is 2. The lowest BCUT2D eigenvalue weighted by Crippen LogP contribution is -2.41. The maximum absolute atomic E-state index is 5.85. The molecule has 0 radical (unpaired) electrons. The van der Waals surface area contributed by atoms with E-state index >= 15 is 0 Å². The number of piperidine rings is 1. The monoisotopic (exact) mass is 197 g/mol. The second-order valence-corrected chi connectivity index (χ2v) is 4.35. The molecule has 0 bridgehead atoms. The molecule has 1 aliphatic rings. The van der Waals surface area contributed by atoms with E-state index in [1.54, 1.807) is 0 Å². The number of hydrazone groups is 1. The third-order valence-corrected chi connectivity index (χ3v) is 2.90. The molecule has 82 valence electrons. The largest absolute Gasteiger partial charge is 0.386 e. The van der Waals surface area contributed by atoms with Gasteiger partial charge in [-0.15, -0.1) is 0 Å². The molecule has 0 spiro atoms. The second kappa shape index (κ2) is 5.23. The Morgan fingerprint density at radius 2 is 1.93 bits per heavy atom. The predicted octanol–water partition coefficient (Wildman–Crippen LogP) is 2.32. The SMILES string of the molecule is CCC/C(N)=N/N1C(C)CCCC1C. The number of hydrogen-bond donors (Lipinski definition) is 1. The van der Waals surface area contributed by atoms with Gasteiger partial charge in [-0.25, -0.2) is 0 Å². The van der Waals surface area contributed by atoms with Crippen LogP contribution in [0.3, 0.4) is 0 Å². The average Bonchev–Trinajstić information content (AvgIpc) is 2.12. The summed E-state index contributed by atoms with van der Waals surface area (Å²) in [6.45, 7) is 6.60. The Balaban J connectivity index is 2.59.